The lowest BCUT2D eigenvalue weighted by Gasteiger charge is -2.38. The van der Waals surface area contributed by atoms with Gasteiger partial charge in [0.15, 0.2) is 0 Å². The van der Waals surface area contributed by atoms with E-state index in [-0.39, 0.29) is 5.97 Å². The molecular formula is C30H48O2. The fraction of sp³-hybridized carbons (Fsp3) is 0.767. The van der Waals surface area contributed by atoms with E-state index in [1.807, 2.05) is 12.1 Å². The van der Waals surface area contributed by atoms with Gasteiger partial charge in [0.25, 0.3) is 0 Å². The average molecular weight is 441 g/mol. The highest BCUT2D eigenvalue weighted by atomic mass is 16.5. The smallest absolute Gasteiger partial charge is 0.338 e. The molecule has 0 amide bonds. The monoisotopic (exact) mass is 440 g/mol. The van der Waals surface area contributed by atoms with Crippen LogP contribution in [0.1, 0.15) is 138 Å². The van der Waals surface area contributed by atoms with Crippen LogP contribution in [0.5, 0.6) is 0 Å². The number of hydrogen-bond donors (Lipinski definition) is 0. The largest absolute Gasteiger partial charge is 0.462 e. The molecule has 0 bridgehead atoms. The molecule has 0 atom stereocenters. The standard InChI is InChI=1S/C30H48O2/c1-3-5-6-7-8-9-23-32-30(31)29-21-19-28(20-22-29)27-17-15-26(16-18-27)25-13-11-24(10-4-2)12-14-25/h19-22,24-27H,3-18,23H2,1-2H3/t24-,25-,26?,27?. The lowest BCUT2D eigenvalue weighted by atomic mass is 9.68. The third-order valence-corrected chi connectivity index (χ3v) is 8.38. The molecular weight excluding hydrogens is 392 g/mol. The van der Waals surface area contributed by atoms with Gasteiger partial charge in [-0.1, -0.05) is 83.8 Å². The number of carbonyl (C=O) groups is 1. The van der Waals surface area contributed by atoms with E-state index in [1.54, 1.807) is 0 Å². The lowest BCUT2D eigenvalue weighted by Crippen LogP contribution is -2.25. The highest BCUT2D eigenvalue weighted by molar-refractivity contribution is 5.89. The maximum Gasteiger partial charge on any atom is 0.338 e. The van der Waals surface area contributed by atoms with Crippen molar-refractivity contribution < 1.29 is 9.53 Å². The van der Waals surface area contributed by atoms with E-state index in [0.717, 1.165) is 30.6 Å². The van der Waals surface area contributed by atoms with E-state index >= 15 is 0 Å². The van der Waals surface area contributed by atoms with Crippen LogP contribution in [0.2, 0.25) is 0 Å². The van der Waals surface area contributed by atoms with Crippen LogP contribution in [-0.2, 0) is 4.74 Å². The number of rotatable bonds is 12. The summed E-state index contributed by atoms with van der Waals surface area (Å²) in [6.07, 6.45) is 21.4. The Bertz CT molecular complexity index is 633. The topological polar surface area (TPSA) is 26.3 Å². The molecule has 0 radical (unpaired) electrons. The van der Waals surface area contributed by atoms with Gasteiger partial charge in [0.2, 0.25) is 0 Å². The highest BCUT2D eigenvalue weighted by Crippen LogP contribution is 2.44. The van der Waals surface area contributed by atoms with Crippen LogP contribution in [0, 0.1) is 17.8 Å². The number of ether oxygens (including phenoxy) is 1. The molecule has 1 aromatic carbocycles. The lowest BCUT2D eigenvalue weighted by molar-refractivity contribution is 0.0497. The van der Waals surface area contributed by atoms with Crippen molar-refractivity contribution in [3.05, 3.63) is 35.4 Å². The Morgan fingerprint density at radius 3 is 1.97 bits per heavy atom. The maximum atomic E-state index is 12.3. The Kier molecular flexibility index (Phi) is 11.1. The second-order valence-electron chi connectivity index (χ2n) is 10.7. The fourth-order valence-electron chi connectivity index (χ4n) is 6.30. The van der Waals surface area contributed by atoms with Gasteiger partial charge in [0.1, 0.15) is 0 Å². The second-order valence-corrected chi connectivity index (χ2v) is 10.7. The molecule has 2 nitrogen and oxygen atoms in total. The molecule has 1 aromatic rings. The van der Waals surface area contributed by atoms with Crippen LogP contribution in [0.15, 0.2) is 24.3 Å². The SMILES string of the molecule is CCCCCCCCOC(=O)c1ccc(C2CCC([C@H]3CC[C@H](CCC)CC3)CC2)cc1. The molecule has 0 heterocycles. The van der Waals surface area contributed by atoms with Gasteiger partial charge < -0.3 is 4.74 Å². The first-order chi connectivity index (χ1) is 15.7. The highest BCUT2D eigenvalue weighted by Gasteiger charge is 2.31. The van der Waals surface area contributed by atoms with Gasteiger partial charge in [0, 0.05) is 0 Å². The Morgan fingerprint density at radius 2 is 1.34 bits per heavy atom. The summed E-state index contributed by atoms with van der Waals surface area (Å²) >= 11 is 0. The van der Waals surface area contributed by atoms with Gasteiger partial charge in [-0.2, -0.15) is 0 Å². The fourth-order valence-corrected chi connectivity index (χ4v) is 6.30. The van der Waals surface area contributed by atoms with E-state index in [9.17, 15) is 4.79 Å². The quantitative estimate of drug-likeness (QED) is 0.239. The molecule has 2 fully saturated rings. The van der Waals surface area contributed by atoms with Gasteiger partial charge in [-0.15, -0.1) is 0 Å². The average Bonchev–Trinajstić information content (AvgIpc) is 2.84. The van der Waals surface area contributed by atoms with Crippen molar-refractivity contribution >= 4 is 5.97 Å². The van der Waals surface area contributed by atoms with Crippen molar-refractivity contribution in [2.24, 2.45) is 17.8 Å². The third-order valence-electron chi connectivity index (χ3n) is 8.38. The summed E-state index contributed by atoms with van der Waals surface area (Å²) in [7, 11) is 0. The van der Waals surface area contributed by atoms with Crippen molar-refractivity contribution in [1.29, 1.82) is 0 Å². The van der Waals surface area contributed by atoms with Crippen LogP contribution in [0.3, 0.4) is 0 Å². The Balaban J connectivity index is 1.35. The summed E-state index contributed by atoms with van der Waals surface area (Å²) in [5.41, 5.74) is 2.12. The van der Waals surface area contributed by atoms with Crippen molar-refractivity contribution in [3.63, 3.8) is 0 Å². The minimum atomic E-state index is -0.160. The predicted molar refractivity (Wildman–Crippen MR) is 135 cm³/mol. The zero-order valence-corrected chi connectivity index (χ0v) is 21.0. The molecule has 3 rings (SSSR count). The molecule has 0 unspecified atom stereocenters. The summed E-state index contributed by atoms with van der Waals surface area (Å²) < 4.78 is 5.49. The van der Waals surface area contributed by atoms with E-state index in [0.29, 0.717) is 18.1 Å². The Morgan fingerprint density at radius 1 is 0.750 bits per heavy atom. The van der Waals surface area contributed by atoms with Crippen molar-refractivity contribution in [3.8, 4) is 0 Å². The molecule has 0 aromatic heterocycles. The van der Waals surface area contributed by atoms with E-state index < -0.39 is 0 Å². The van der Waals surface area contributed by atoms with Crippen LogP contribution < -0.4 is 0 Å². The van der Waals surface area contributed by atoms with E-state index in [2.05, 4.69) is 26.0 Å². The summed E-state index contributed by atoms with van der Waals surface area (Å²) in [6.45, 7) is 5.12. The summed E-state index contributed by atoms with van der Waals surface area (Å²) in [6, 6.07) is 8.34. The maximum absolute atomic E-state index is 12.3. The number of unbranched alkanes of at least 4 members (excludes halogenated alkanes) is 5. The van der Waals surface area contributed by atoms with Gasteiger partial charge in [-0.3, -0.25) is 0 Å². The molecule has 0 N–H and O–H groups in total. The minimum Gasteiger partial charge on any atom is -0.462 e. The van der Waals surface area contributed by atoms with E-state index in [1.165, 1.54) is 95.5 Å². The second kappa shape index (κ2) is 14.1. The molecule has 2 heteroatoms. The molecule has 2 saturated carbocycles. The Hall–Kier alpha value is -1.31. The first kappa shape index (κ1) is 25.3. The summed E-state index contributed by atoms with van der Waals surface area (Å²) in [4.78, 5) is 12.3. The zero-order chi connectivity index (χ0) is 22.6. The number of benzene rings is 1. The van der Waals surface area contributed by atoms with Crippen molar-refractivity contribution in [2.45, 2.75) is 122 Å². The third kappa shape index (κ3) is 7.92. The van der Waals surface area contributed by atoms with Gasteiger partial charge in [0.05, 0.1) is 12.2 Å². The molecule has 0 saturated heterocycles. The summed E-state index contributed by atoms with van der Waals surface area (Å²) in [5.74, 6) is 3.49. The molecule has 2 aliphatic rings. The normalized spacial score (nSPS) is 26.1. The first-order valence-corrected chi connectivity index (χ1v) is 14.0. The molecule has 0 spiro atoms. The summed E-state index contributed by atoms with van der Waals surface area (Å²) in [5, 5.41) is 0. The van der Waals surface area contributed by atoms with Crippen LogP contribution in [-0.4, -0.2) is 12.6 Å². The first-order valence-electron chi connectivity index (χ1n) is 14.0. The van der Waals surface area contributed by atoms with Gasteiger partial charge >= 0.3 is 5.97 Å². The minimum absolute atomic E-state index is 0.160. The molecule has 180 valence electrons. The molecule has 2 aliphatic carbocycles. The number of carbonyl (C=O) groups excluding carboxylic acids is 1. The van der Waals surface area contributed by atoms with Crippen molar-refractivity contribution in [1.82, 2.24) is 0 Å². The van der Waals surface area contributed by atoms with Gasteiger partial charge in [-0.25, -0.2) is 4.79 Å². The Labute approximate surface area is 197 Å². The van der Waals surface area contributed by atoms with Crippen LogP contribution in [0.25, 0.3) is 0 Å². The number of hydrogen-bond acceptors (Lipinski definition) is 2. The van der Waals surface area contributed by atoms with Gasteiger partial charge in [-0.05, 0) is 86.3 Å². The van der Waals surface area contributed by atoms with Crippen LogP contribution in [0.4, 0.5) is 0 Å². The number of esters is 1. The molecule has 0 aliphatic heterocycles. The predicted octanol–water partition coefficient (Wildman–Crippen LogP) is 9.08. The molecule has 32 heavy (non-hydrogen) atoms. The van der Waals surface area contributed by atoms with Crippen LogP contribution >= 0.6 is 0 Å². The van der Waals surface area contributed by atoms with Crippen molar-refractivity contribution in [2.75, 3.05) is 6.61 Å². The van der Waals surface area contributed by atoms with E-state index in [4.69, 9.17) is 4.74 Å². The zero-order valence-electron chi connectivity index (χ0n) is 21.0.